The summed E-state index contributed by atoms with van der Waals surface area (Å²) in [5, 5.41) is 2.58. The number of nitrogens with one attached hydrogen (secondary N) is 1. The van der Waals surface area contributed by atoms with Crippen LogP contribution < -0.4 is 14.8 Å². The van der Waals surface area contributed by atoms with Crippen molar-refractivity contribution in [1.82, 2.24) is 15.1 Å². The van der Waals surface area contributed by atoms with Gasteiger partial charge in [0.1, 0.15) is 0 Å². The molecular weight excluding hydrogens is 382 g/mol. The summed E-state index contributed by atoms with van der Waals surface area (Å²) in [6, 6.07) is 14.3. The maximum Gasteiger partial charge on any atom is 0.324 e. The molecule has 2 aromatic rings. The predicted octanol–water partition coefficient (Wildman–Crippen LogP) is 2.59. The molecule has 2 aromatic carbocycles. The first-order valence-electron chi connectivity index (χ1n) is 10.2. The predicted molar refractivity (Wildman–Crippen MR) is 113 cm³/mol. The molecule has 4 rings (SSSR count). The van der Waals surface area contributed by atoms with Gasteiger partial charge in [-0.3, -0.25) is 14.6 Å². The van der Waals surface area contributed by atoms with Crippen molar-refractivity contribution in [1.29, 1.82) is 0 Å². The molecule has 1 unspecified atom stereocenters. The van der Waals surface area contributed by atoms with Gasteiger partial charge in [0, 0.05) is 19.6 Å². The lowest BCUT2D eigenvalue weighted by atomic mass is 9.87. The number of imide groups is 1. The number of nitrogens with zero attached hydrogens (tertiary/aromatic N) is 2. The van der Waals surface area contributed by atoms with Crippen LogP contribution in [0.25, 0.3) is 0 Å². The van der Waals surface area contributed by atoms with E-state index in [1.165, 1.54) is 21.6 Å². The summed E-state index contributed by atoms with van der Waals surface area (Å²) in [6.07, 6.45) is 1.63. The average molecular weight is 409 g/mol. The van der Waals surface area contributed by atoms with Crippen molar-refractivity contribution in [2.24, 2.45) is 0 Å². The van der Waals surface area contributed by atoms with Gasteiger partial charge in [-0.25, -0.2) is 4.79 Å². The number of hydrogen-bond donors (Lipinski definition) is 1. The van der Waals surface area contributed by atoms with Crippen molar-refractivity contribution >= 4 is 11.9 Å². The van der Waals surface area contributed by atoms with E-state index >= 15 is 0 Å². The van der Waals surface area contributed by atoms with Gasteiger partial charge in [0.05, 0.1) is 26.8 Å². The second-order valence-electron chi connectivity index (χ2n) is 7.56. The van der Waals surface area contributed by atoms with Crippen LogP contribution in [0, 0.1) is 0 Å². The molecule has 7 heteroatoms. The largest absolute Gasteiger partial charge is 0.493 e. The van der Waals surface area contributed by atoms with Gasteiger partial charge in [-0.2, -0.15) is 0 Å². The molecule has 1 fully saturated rings. The number of fused-ring (bicyclic) bond motifs is 1. The van der Waals surface area contributed by atoms with Crippen LogP contribution in [0.2, 0.25) is 0 Å². The van der Waals surface area contributed by atoms with Crippen molar-refractivity contribution < 1.29 is 19.1 Å². The zero-order valence-corrected chi connectivity index (χ0v) is 17.4. The van der Waals surface area contributed by atoms with Gasteiger partial charge in [-0.05, 0) is 41.7 Å². The van der Waals surface area contributed by atoms with E-state index in [-0.39, 0.29) is 24.5 Å². The lowest BCUT2D eigenvalue weighted by Crippen LogP contribution is -2.39. The minimum Gasteiger partial charge on any atom is -0.493 e. The number of ether oxygens (including phenoxy) is 2. The smallest absolute Gasteiger partial charge is 0.324 e. The van der Waals surface area contributed by atoms with Gasteiger partial charge in [0.2, 0.25) is 5.91 Å². The molecule has 0 bridgehead atoms. The normalized spacial score (nSPS) is 18.9. The zero-order valence-electron chi connectivity index (χ0n) is 17.4. The van der Waals surface area contributed by atoms with E-state index in [1.807, 2.05) is 6.07 Å². The molecule has 2 heterocycles. The monoisotopic (exact) mass is 409 g/mol. The molecule has 0 saturated carbocycles. The van der Waals surface area contributed by atoms with Crippen LogP contribution in [0.1, 0.15) is 29.2 Å². The fourth-order valence-corrected chi connectivity index (χ4v) is 4.38. The van der Waals surface area contributed by atoms with E-state index in [4.69, 9.17) is 9.47 Å². The van der Waals surface area contributed by atoms with E-state index in [9.17, 15) is 9.59 Å². The van der Waals surface area contributed by atoms with E-state index < -0.39 is 0 Å². The number of hydrogen-bond acceptors (Lipinski definition) is 5. The number of benzene rings is 2. The Balaban J connectivity index is 1.59. The minimum absolute atomic E-state index is 0.0814. The fraction of sp³-hybridized carbons (Fsp3) is 0.391. The molecule has 3 amide bonds. The van der Waals surface area contributed by atoms with Crippen molar-refractivity contribution in [2.45, 2.75) is 18.9 Å². The molecule has 30 heavy (non-hydrogen) atoms. The van der Waals surface area contributed by atoms with Gasteiger partial charge < -0.3 is 14.8 Å². The lowest BCUT2D eigenvalue weighted by Gasteiger charge is -2.38. The summed E-state index contributed by atoms with van der Waals surface area (Å²) in [6.45, 7) is 2.21. The molecule has 0 aliphatic carbocycles. The Kier molecular flexibility index (Phi) is 5.90. The first kappa shape index (κ1) is 20.2. The molecule has 2 aliphatic rings. The van der Waals surface area contributed by atoms with E-state index in [2.05, 4.69) is 46.6 Å². The molecule has 0 aromatic heterocycles. The summed E-state index contributed by atoms with van der Waals surface area (Å²) in [4.78, 5) is 27.4. The number of urea groups is 1. The Bertz CT molecular complexity index is 916. The Hall–Kier alpha value is -3.06. The average Bonchev–Trinajstić information content (AvgIpc) is 3.10. The van der Waals surface area contributed by atoms with E-state index in [0.29, 0.717) is 6.54 Å². The van der Waals surface area contributed by atoms with Gasteiger partial charge in [-0.1, -0.05) is 30.3 Å². The molecule has 1 saturated heterocycles. The van der Waals surface area contributed by atoms with Crippen LogP contribution in [0.15, 0.2) is 42.5 Å². The molecule has 1 atom stereocenters. The fourth-order valence-electron chi connectivity index (χ4n) is 4.38. The van der Waals surface area contributed by atoms with Crippen LogP contribution in [0.4, 0.5) is 4.79 Å². The van der Waals surface area contributed by atoms with Gasteiger partial charge in [0.25, 0.3) is 0 Å². The van der Waals surface area contributed by atoms with Gasteiger partial charge >= 0.3 is 6.03 Å². The highest BCUT2D eigenvalue weighted by molar-refractivity contribution is 6.01. The summed E-state index contributed by atoms with van der Waals surface area (Å²) in [5.74, 6) is 1.31. The number of methoxy groups -OCH3 is 2. The summed E-state index contributed by atoms with van der Waals surface area (Å²) in [7, 11) is 3.31. The van der Waals surface area contributed by atoms with E-state index in [0.717, 1.165) is 37.4 Å². The zero-order chi connectivity index (χ0) is 21.1. The highest BCUT2D eigenvalue weighted by Crippen LogP contribution is 2.40. The maximum atomic E-state index is 11.9. The summed E-state index contributed by atoms with van der Waals surface area (Å²) < 4.78 is 11.1. The SMILES string of the molecule is COc1cc2c(cc1OC)C(c1ccccc1)N(CCCN1C(=O)CNC1=O)CC2. The molecule has 158 valence electrons. The molecule has 1 N–H and O–H groups in total. The van der Waals surface area contributed by atoms with Crippen molar-refractivity contribution in [3.63, 3.8) is 0 Å². The quantitative estimate of drug-likeness (QED) is 0.712. The van der Waals surface area contributed by atoms with Crippen molar-refractivity contribution in [3.8, 4) is 11.5 Å². The molecule has 7 nitrogen and oxygen atoms in total. The van der Waals surface area contributed by atoms with E-state index in [1.54, 1.807) is 14.2 Å². The Morgan fingerprint density at radius 1 is 1.03 bits per heavy atom. The lowest BCUT2D eigenvalue weighted by molar-refractivity contribution is -0.125. The third kappa shape index (κ3) is 3.85. The molecule has 0 spiro atoms. The molecule has 2 aliphatic heterocycles. The Morgan fingerprint density at radius 3 is 2.43 bits per heavy atom. The van der Waals surface area contributed by atoms with Crippen LogP contribution >= 0.6 is 0 Å². The maximum absolute atomic E-state index is 11.9. The number of amides is 3. The van der Waals surface area contributed by atoms with Crippen LogP contribution in [-0.4, -0.2) is 62.1 Å². The Labute approximate surface area is 176 Å². The van der Waals surface area contributed by atoms with Crippen LogP contribution in [-0.2, 0) is 11.2 Å². The first-order valence-corrected chi connectivity index (χ1v) is 10.2. The number of carbonyl (C=O) groups is 2. The second-order valence-corrected chi connectivity index (χ2v) is 7.56. The standard InChI is InChI=1S/C23H27N3O4/c1-29-19-13-17-9-12-25(10-6-11-26-21(27)15-24-23(26)28)22(16-7-4-3-5-8-16)18(17)14-20(19)30-2/h3-5,7-8,13-14,22H,6,9-12,15H2,1-2H3,(H,24,28). The summed E-state index contributed by atoms with van der Waals surface area (Å²) in [5.41, 5.74) is 3.67. The third-order valence-corrected chi connectivity index (χ3v) is 5.85. The third-order valence-electron chi connectivity index (χ3n) is 5.85. The van der Waals surface area contributed by atoms with Gasteiger partial charge in [-0.15, -0.1) is 0 Å². The van der Waals surface area contributed by atoms with Gasteiger partial charge in [0.15, 0.2) is 11.5 Å². The Morgan fingerprint density at radius 2 is 1.77 bits per heavy atom. The summed E-state index contributed by atoms with van der Waals surface area (Å²) >= 11 is 0. The van der Waals surface area contributed by atoms with Crippen LogP contribution in [0.3, 0.4) is 0 Å². The second kappa shape index (κ2) is 8.75. The topological polar surface area (TPSA) is 71.1 Å². The van der Waals surface area contributed by atoms with Crippen molar-refractivity contribution in [3.05, 3.63) is 59.2 Å². The molecular formula is C23H27N3O4. The highest BCUT2D eigenvalue weighted by atomic mass is 16.5. The number of carbonyl (C=O) groups excluding carboxylic acids is 2. The van der Waals surface area contributed by atoms with Crippen molar-refractivity contribution in [2.75, 3.05) is 40.4 Å². The minimum atomic E-state index is -0.291. The highest BCUT2D eigenvalue weighted by Gasteiger charge is 2.31. The molecule has 0 radical (unpaired) electrons. The van der Waals surface area contributed by atoms with Crippen LogP contribution in [0.5, 0.6) is 11.5 Å². The first-order chi connectivity index (χ1) is 14.6. The number of rotatable bonds is 7.